The van der Waals surface area contributed by atoms with Crippen LogP contribution in [-0.2, 0) is 9.53 Å². The Morgan fingerprint density at radius 1 is 1.23 bits per heavy atom. The summed E-state index contributed by atoms with van der Waals surface area (Å²) in [5, 5.41) is 5.86. The normalized spacial score (nSPS) is 15.4. The fourth-order valence-corrected chi connectivity index (χ4v) is 3.63. The lowest BCUT2D eigenvalue weighted by atomic mass is 10.0. The number of amides is 1. The van der Waals surface area contributed by atoms with E-state index in [2.05, 4.69) is 10.3 Å². The van der Waals surface area contributed by atoms with Crippen molar-refractivity contribution in [3.63, 3.8) is 0 Å². The molecule has 1 aliphatic rings. The number of nitrogens with zero attached hydrogens (tertiary/aromatic N) is 1. The van der Waals surface area contributed by atoms with Crippen LogP contribution in [-0.4, -0.2) is 16.9 Å². The SMILES string of the molecule is Cc1nc(-c2cccc(NC(=O)C[C@H]3OC(=O)c4ccccc43)c2)cs1. The number of thiazole rings is 1. The molecule has 0 bridgehead atoms. The molecule has 0 spiro atoms. The smallest absolute Gasteiger partial charge is 0.339 e. The topological polar surface area (TPSA) is 68.3 Å². The number of cyclic esters (lactones) is 1. The number of carbonyl (C=O) groups excluding carboxylic acids is 2. The highest BCUT2D eigenvalue weighted by atomic mass is 32.1. The van der Waals surface area contributed by atoms with E-state index in [0.717, 1.165) is 21.8 Å². The maximum atomic E-state index is 12.4. The Morgan fingerprint density at radius 2 is 2.08 bits per heavy atom. The van der Waals surface area contributed by atoms with E-state index in [0.29, 0.717) is 11.3 Å². The zero-order chi connectivity index (χ0) is 18.1. The molecule has 0 saturated heterocycles. The Bertz CT molecular complexity index is 996. The van der Waals surface area contributed by atoms with Gasteiger partial charge in [-0.25, -0.2) is 9.78 Å². The van der Waals surface area contributed by atoms with Crippen molar-refractivity contribution in [3.8, 4) is 11.3 Å². The number of anilines is 1. The van der Waals surface area contributed by atoms with E-state index in [1.54, 1.807) is 23.5 Å². The van der Waals surface area contributed by atoms with Crippen molar-refractivity contribution in [3.05, 3.63) is 70.0 Å². The van der Waals surface area contributed by atoms with E-state index in [1.807, 2.05) is 48.7 Å². The van der Waals surface area contributed by atoms with Gasteiger partial charge in [-0.3, -0.25) is 4.79 Å². The summed E-state index contributed by atoms with van der Waals surface area (Å²) in [6, 6.07) is 14.7. The quantitative estimate of drug-likeness (QED) is 0.699. The Morgan fingerprint density at radius 3 is 2.88 bits per heavy atom. The van der Waals surface area contributed by atoms with Gasteiger partial charge in [0, 0.05) is 22.2 Å². The van der Waals surface area contributed by atoms with Gasteiger partial charge in [-0.2, -0.15) is 0 Å². The highest BCUT2D eigenvalue weighted by molar-refractivity contribution is 7.09. The van der Waals surface area contributed by atoms with Crippen LogP contribution in [0.15, 0.2) is 53.9 Å². The summed E-state index contributed by atoms with van der Waals surface area (Å²) in [5.74, 6) is -0.578. The van der Waals surface area contributed by atoms with Gasteiger partial charge in [-0.15, -0.1) is 11.3 Å². The van der Waals surface area contributed by atoms with E-state index >= 15 is 0 Å². The van der Waals surface area contributed by atoms with Gasteiger partial charge >= 0.3 is 5.97 Å². The highest BCUT2D eigenvalue weighted by Crippen LogP contribution is 2.33. The van der Waals surface area contributed by atoms with Crippen LogP contribution in [0, 0.1) is 6.92 Å². The average molecular weight is 364 g/mol. The molecule has 0 fully saturated rings. The molecule has 4 rings (SSSR count). The predicted octanol–water partition coefficient (Wildman–Crippen LogP) is 4.36. The van der Waals surface area contributed by atoms with Gasteiger partial charge in [-0.05, 0) is 25.1 Å². The first-order valence-electron chi connectivity index (χ1n) is 8.22. The maximum absolute atomic E-state index is 12.4. The lowest BCUT2D eigenvalue weighted by Gasteiger charge is -2.11. The number of hydrogen-bond donors (Lipinski definition) is 1. The molecule has 5 nitrogen and oxygen atoms in total. The summed E-state index contributed by atoms with van der Waals surface area (Å²) in [5.41, 5.74) is 3.83. The minimum atomic E-state index is -0.539. The average Bonchev–Trinajstić information content (AvgIpc) is 3.20. The van der Waals surface area contributed by atoms with Crippen molar-refractivity contribution in [2.24, 2.45) is 0 Å². The molecule has 130 valence electrons. The Hall–Kier alpha value is -2.99. The minimum absolute atomic E-state index is 0.0861. The van der Waals surface area contributed by atoms with Crippen molar-refractivity contribution in [1.29, 1.82) is 0 Å². The van der Waals surface area contributed by atoms with Gasteiger partial charge in [0.25, 0.3) is 0 Å². The lowest BCUT2D eigenvalue weighted by molar-refractivity contribution is -0.118. The first kappa shape index (κ1) is 16.5. The van der Waals surface area contributed by atoms with Crippen LogP contribution in [0.5, 0.6) is 0 Å². The molecular weight excluding hydrogens is 348 g/mol. The maximum Gasteiger partial charge on any atom is 0.339 e. The van der Waals surface area contributed by atoms with E-state index < -0.39 is 6.10 Å². The van der Waals surface area contributed by atoms with Crippen molar-refractivity contribution < 1.29 is 14.3 Å². The number of aryl methyl sites for hydroxylation is 1. The van der Waals surface area contributed by atoms with E-state index in [1.165, 1.54) is 0 Å². The molecule has 0 radical (unpaired) electrons. The molecule has 1 atom stereocenters. The molecule has 2 aromatic carbocycles. The summed E-state index contributed by atoms with van der Waals surface area (Å²) >= 11 is 1.59. The number of ether oxygens (including phenoxy) is 1. The van der Waals surface area contributed by atoms with Crippen LogP contribution in [0.25, 0.3) is 11.3 Å². The van der Waals surface area contributed by atoms with E-state index in [4.69, 9.17) is 4.74 Å². The molecule has 2 heterocycles. The first-order chi connectivity index (χ1) is 12.6. The molecular formula is C20H16N2O3S. The van der Waals surface area contributed by atoms with Gasteiger partial charge in [0.1, 0.15) is 6.10 Å². The standard InChI is InChI=1S/C20H16N2O3S/c1-12-21-17(11-26-12)13-5-4-6-14(9-13)22-19(23)10-18-15-7-2-3-8-16(15)20(24)25-18/h2-9,11,18H,10H2,1H3,(H,22,23)/t18-/m1/s1. The Labute approximate surface area is 154 Å². The summed E-state index contributed by atoms with van der Waals surface area (Å²) in [6.07, 6.45) is -0.453. The van der Waals surface area contributed by atoms with E-state index in [-0.39, 0.29) is 18.3 Å². The van der Waals surface area contributed by atoms with Gasteiger partial charge in [0.2, 0.25) is 5.91 Å². The summed E-state index contributed by atoms with van der Waals surface area (Å²) in [6.45, 7) is 1.96. The third-order valence-electron chi connectivity index (χ3n) is 4.21. The largest absolute Gasteiger partial charge is 0.453 e. The van der Waals surface area contributed by atoms with Crippen molar-refractivity contribution in [1.82, 2.24) is 4.98 Å². The molecule has 1 aliphatic heterocycles. The van der Waals surface area contributed by atoms with Gasteiger partial charge in [0.15, 0.2) is 0 Å². The second kappa shape index (κ2) is 6.72. The molecule has 26 heavy (non-hydrogen) atoms. The third-order valence-corrected chi connectivity index (χ3v) is 4.98. The Balaban J connectivity index is 1.47. The number of aromatic nitrogens is 1. The van der Waals surface area contributed by atoms with Crippen LogP contribution in [0.1, 0.15) is 33.5 Å². The van der Waals surface area contributed by atoms with Crippen molar-refractivity contribution >= 4 is 28.9 Å². The van der Waals surface area contributed by atoms with Crippen LogP contribution >= 0.6 is 11.3 Å². The monoisotopic (exact) mass is 364 g/mol. The number of esters is 1. The van der Waals surface area contributed by atoms with Crippen LogP contribution in [0.2, 0.25) is 0 Å². The minimum Gasteiger partial charge on any atom is -0.453 e. The lowest BCUT2D eigenvalue weighted by Crippen LogP contribution is -2.15. The number of hydrogen-bond acceptors (Lipinski definition) is 5. The second-order valence-corrected chi connectivity index (χ2v) is 7.13. The van der Waals surface area contributed by atoms with Crippen LogP contribution in [0.3, 0.4) is 0 Å². The zero-order valence-corrected chi connectivity index (χ0v) is 14.9. The zero-order valence-electron chi connectivity index (χ0n) is 14.1. The molecule has 0 saturated carbocycles. The molecule has 6 heteroatoms. The molecule has 1 N–H and O–H groups in total. The van der Waals surface area contributed by atoms with E-state index in [9.17, 15) is 9.59 Å². The molecule has 0 aliphatic carbocycles. The molecule has 1 amide bonds. The van der Waals surface area contributed by atoms with Gasteiger partial charge < -0.3 is 10.1 Å². The third kappa shape index (κ3) is 3.23. The predicted molar refractivity (Wildman–Crippen MR) is 100 cm³/mol. The molecule has 3 aromatic rings. The number of nitrogens with one attached hydrogen (secondary N) is 1. The van der Waals surface area contributed by atoms with Gasteiger partial charge in [-0.1, -0.05) is 30.3 Å². The molecule has 0 unspecified atom stereocenters. The number of fused-ring (bicyclic) bond motifs is 1. The summed E-state index contributed by atoms with van der Waals surface area (Å²) < 4.78 is 5.33. The van der Waals surface area contributed by atoms with Crippen LogP contribution < -0.4 is 5.32 Å². The summed E-state index contributed by atoms with van der Waals surface area (Å²) in [7, 11) is 0. The van der Waals surface area contributed by atoms with Crippen LogP contribution in [0.4, 0.5) is 5.69 Å². The summed E-state index contributed by atoms with van der Waals surface area (Å²) in [4.78, 5) is 28.7. The highest BCUT2D eigenvalue weighted by Gasteiger charge is 2.32. The van der Waals surface area contributed by atoms with Crippen molar-refractivity contribution in [2.75, 3.05) is 5.32 Å². The second-order valence-electron chi connectivity index (χ2n) is 6.07. The first-order valence-corrected chi connectivity index (χ1v) is 9.10. The Kier molecular flexibility index (Phi) is 4.26. The fraction of sp³-hybridized carbons (Fsp3) is 0.150. The number of carbonyl (C=O) groups is 2. The fourth-order valence-electron chi connectivity index (χ4n) is 3.00. The van der Waals surface area contributed by atoms with Crippen molar-refractivity contribution in [2.45, 2.75) is 19.4 Å². The van der Waals surface area contributed by atoms with Gasteiger partial charge in [0.05, 0.1) is 22.7 Å². The number of rotatable bonds is 4. The molecule has 1 aromatic heterocycles. The number of benzene rings is 2.